The van der Waals surface area contributed by atoms with Gasteiger partial charge in [0, 0.05) is 5.69 Å². The van der Waals surface area contributed by atoms with Gasteiger partial charge in [-0.25, -0.2) is 4.79 Å². The van der Waals surface area contributed by atoms with E-state index in [0.29, 0.717) is 30.5 Å². The molecule has 0 radical (unpaired) electrons. The van der Waals surface area contributed by atoms with E-state index in [4.69, 9.17) is 18.9 Å². The normalized spacial score (nSPS) is 13.4. The fourth-order valence-corrected chi connectivity index (χ4v) is 2.91. The number of nitrogens with one attached hydrogen (secondary N) is 1. The number of carbonyl (C=O) groups is 2. The highest BCUT2D eigenvalue weighted by Gasteiger charge is 2.24. The molecule has 0 unspecified atom stereocenters. The molecular weight excluding hydrogens is 362 g/mol. The molecule has 0 saturated heterocycles. The van der Waals surface area contributed by atoms with Gasteiger partial charge in [-0.1, -0.05) is 18.2 Å². The highest BCUT2D eigenvalue weighted by molar-refractivity contribution is 5.98. The van der Waals surface area contributed by atoms with Crippen LogP contribution in [0.2, 0.25) is 0 Å². The number of fused-ring (bicyclic) bond motifs is 1. The summed E-state index contributed by atoms with van der Waals surface area (Å²) >= 11 is 0. The molecule has 0 bridgehead atoms. The van der Waals surface area contributed by atoms with Crippen molar-refractivity contribution in [2.75, 3.05) is 25.6 Å². The van der Waals surface area contributed by atoms with Gasteiger partial charge in [0.2, 0.25) is 5.75 Å². The Morgan fingerprint density at radius 1 is 1.11 bits per heavy atom. The van der Waals surface area contributed by atoms with Crippen LogP contribution in [0.5, 0.6) is 17.2 Å². The van der Waals surface area contributed by atoms with Crippen LogP contribution in [0.3, 0.4) is 0 Å². The second-order valence-corrected chi connectivity index (χ2v) is 6.51. The smallest absolute Gasteiger partial charge is 0.339 e. The van der Waals surface area contributed by atoms with Crippen LogP contribution in [-0.2, 0) is 9.53 Å². The summed E-state index contributed by atoms with van der Waals surface area (Å²) in [6, 6.07) is 8.75. The molecule has 3 rings (SSSR count). The molecule has 0 saturated carbocycles. The first-order valence-electron chi connectivity index (χ1n) is 8.96. The Labute approximate surface area is 163 Å². The summed E-state index contributed by atoms with van der Waals surface area (Å²) in [6.45, 7) is 6.11. The molecule has 1 aliphatic rings. The van der Waals surface area contributed by atoms with Crippen LogP contribution >= 0.6 is 0 Å². The lowest BCUT2D eigenvalue weighted by molar-refractivity contribution is -0.123. The van der Waals surface area contributed by atoms with Gasteiger partial charge < -0.3 is 24.3 Å². The Morgan fingerprint density at radius 2 is 1.79 bits per heavy atom. The first-order chi connectivity index (χ1) is 13.4. The maximum Gasteiger partial charge on any atom is 0.339 e. The zero-order valence-corrected chi connectivity index (χ0v) is 16.3. The zero-order chi connectivity index (χ0) is 20.3. The number of anilines is 1. The lowest BCUT2D eigenvalue weighted by atomic mass is 10.1. The van der Waals surface area contributed by atoms with Crippen molar-refractivity contribution in [3.05, 3.63) is 47.0 Å². The lowest BCUT2D eigenvalue weighted by Crippen LogP contribution is -2.30. The summed E-state index contributed by atoms with van der Waals surface area (Å²) in [5.74, 6) is 0.169. The summed E-state index contributed by atoms with van der Waals surface area (Å²) in [4.78, 5) is 25.0. The molecule has 2 aromatic rings. The monoisotopic (exact) mass is 385 g/mol. The average molecular weight is 385 g/mol. The first kappa shape index (κ1) is 19.5. The maximum absolute atomic E-state index is 12.5. The highest BCUT2D eigenvalue weighted by atomic mass is 16.6. The molecule has 7 heteroatoms. The molecule has 0 fully saturated rings. The third-order valence-corrected chi connectivity index (χ3v) is 4.45. The molecule has 1 amide bonds. The highest BCUT2D eigenvalue weighted by Crippen LogP contribution is 2.40. The van der Waals surface area contributed by atoms with Gasteiger partial charge in [0.25, 0.3) is 5.91 Å². The van der Waals surface area contributed by atoms with Gasteiger partial charge in [0.15, 0.2) is 17.6 Å². The van der Waals surface area contributed by atoms with Crippen LogP contribution in [0.25, 0.3) is 0 Å². The van der Waals surface area contributed by atoms with Crippen molar-refractivity contribution >= 4 is 17.6 Å². The SMILES string of the molecule is COc1cc(C(=O)O[C@@H](C)C(=O)Nc2c(C)cccc2C)cc2c1OCCO2. The van der Waals surface area contributed by atoms with Gasteiger partial charge in [-0.15, -0.1) is 0 Å². The molecule has 0 aromatic heterocycles. The minimum absolute atomic E-state index is 0.216. The largest absolute Gasteiger partial charge is 0.493 e. The van der Waals surface area contributed by atoms with Gasteiger partial charge in [-0.3, -0.25) is 4.79 Å². The predicted octanol–water partition coefficient (Wildman–Crippen LogP) is 3.27. The molecule has 2 aromatic carbocycles. The predicted molar refractivity (Wildman–Crippen MR) is 103 cm³/mol. The van der Waals surface area contributed by atoms with Crippen LogP contribution in [0.15, 0.2) is 30.3 Å². The minimum Gasteiger partial charge on any atom is -0.493 e. The Morgan fingerprint density at radius 3 is 2.46 bits per heavy atom. The number of para-hydroxylation sites is 1. The number of benzene rings is 2. The van der Waals surface area contributed by atoms with E-state index < -0.39 is 18.0 Å². The van der Waals surface area contributed by atoms with Gasteiger partial charge in [0.05, 0.1) is 12.7 Å². The van der Waals surface area contributed by atoms with Crippen LogP contribution in [0, 0.1) is 13.8 Å². The number of methoxy groups -OCH3 is 1. The van der Waals surface area contributed by atoms with Crippen molar-refractivity contribution in [3.63, 3.8) is 0 Å². The number of hydrogen-bond donors (Lipinski definition) is 1. The number of esters is 1. The fraction of sp³-hybridized carbons (Fsp3) is 0.333. The van der Waals surface area contributed by atoms with Gasteiger partial charge >= 0.3 is 5.97 Å². The van der Waals surface area contributed by atoms with E-state index in [9.17, 15) is 9.59 Å². The minimum atomic E-state index is -0.981. The van der Waals surface area contributed by atoms with E-state index in [1.807, 2.05) is 32.0 Å². The molecule has 7 nitrogen and oxygen atoms in total. The van der Waals surface area contributed by atoms with Gasteiger partial charge in [-0.05, 0) is 44.0 Å². The second kappa shape index (κ2) is 8.21. The van der Waals surface area contributed by atoms with E-state index in [1.165, 1.54) is 26.2 Å². The van der Waals surface area contributed by atoms with Crippen LogP contribution in [0.4, 0.5) is 5.69 Å². The maximum atomic E-state index is 12.5. The molecule has 1 heterocycles. The molecule has 148 valence electrons. The third kappa shape index (κ3) is 4.03. The number of ether oxygens (including phenoxy) is 4. The Bertz CT molecular complexity index is 871. The first-order valence-corrected chi connectivity index (χ1v) is 8.96. The number of rotatable bonds is 5. The van der Waals surface area contributed by atoms with E-state index in [2.05, 4.69) is 5.32 Å². The van der Waals surface area contributed by atoms with Crippen molar-refractivity contribution in [1.82, 2.24) is 0 Å². The van der Waals surface area contributed by atoms with E-state index in [-0.39, 0.29) is 5.56 Å². The molecule has 1 N–H and O–H groups in total. The summed E-state index contributed by atoms with van der Waals surface area (Å²) < 4.78 is 21.7. The van der Waals surface area contributed by atoms with Crippen molar-refractivity contribution < 1.29 is 28.5 Å². The quantitative estimate of drug-likeness (QED) is 0.796. The Balaban J connectivity index is 1.73. The fourth-order valence-electron chi connectivity index (χ4n) is 2.91. The van der Waals surface area contributed by atoms with Gasteiger partial charge in [0.1, 0.15) is 13.2 Å². The van der Waals surface area contributed by atoms with Crippen molar-refractivity contribution in [2.24, 2.45) is 0 Å². The standard InChI is InChI=1S/C21H23NO6/c1-12-6-5-7-13(2)18(12)22-20(23)14(3)28-21(24)15-10-16(25-4)19-17(11-15)26-8-9-27-19/h5-7,10-11,14H,8-9H2,1-4H3,(H,22,23)/t14-/m0/s1. The van der Waals surface area contributed by atoms with E-state index >= 15 is 0 Å². The molecule has 1 atom stereocenters. The summed E-state index contributed by atoms with van der Waals surface area (Å²) in [7, 11) is 1.48. The summed E-state index contributed by atoms with van der Waals surface area (Å²) in [5.41, 5.74) is 2.80. The molecular formula is C21H23NO6. The number of amides is 1. The van der Waals surface area contributed by atoms with Gasteiger partial charge in [-0.2, -0.15) is 0 Å². The molecule has 1 aliphatic heterocycles. The summed E-state index contributed by atoms with van der Waals surface area (Å²) in [5, 5.41) is 2.82. The molecule has 0 spiro atoms. The average Bonchev–Trinajstić information content (AvgIpc) is 2.69. The van der Waals surface area contributed by atoms with Crippen LogP contribution < -0.4 is 19.5 Å². The second-order valence-electron chi connectivity index (χ2n) is 6.51. The van der Waals surface area contributed by atoms with E-state index in [0.717, 1.165) is 16.8 Å². The van der Waals surface area contributed by atoms with Crippen LogP contribution in [0.1, 0.15) is 28.4 Å². The lowest BCUT2D eigenvalue weighted by Gasteiger charge is -2.21. The Kier molecular flexibility index (Phi) is 5.73. The van der Waals surface area contributed by atoms with Crippen LogP contribution in [-0.4, -0.2) is 38.3 Å². The number of hydrogen-bond acceptors (Lipinski definition) is 6. The molecule has 28 heavy (non-hydrogen) atoms. The zero-order valence-electron chi connectivity index (χ0n) is 16.3. The van der Waals surface area contributed by atoms with E-state index in [1.54, 1.807) is 0 Å². The van der Waals surface area contributed by atoms with Crippen molar-refractivity contribution in [3.8, 4) is 17.2 Å². The van der Waals surface area contributed by atoms with Crippen molar-refractivity contribution in [1.29, 1.82) is 0 Å². The number of carbonyl (C=O) groups excluding carboxylic acids is 2. The number of aryl methyl sites for hydroxylation is 2. The summed E-state index contributed by atoms with van der Waals surface area (Å²) in [6.07, 6.45) is -0.981. The topological polar surface area (TPSA) is 83.1 Å². The third-order valence-electron chi connectivity index (χ3n) is 4.45. The van der Waals surface area contributed by atoms with Crippen molar-refractivity contribution in [2.45, 2.75) is 26.9 Å². The Hall–Kier alpha value is -3.22. The molecule has 0 aliphatic carbocycles.